The Labute approximate surface area is 205 Å². The van der Waals surface area contributed by atoms with Crippen molar-refractivity contribution in [1.82, 2.24) is 5.12 Å². The summed E-state index contributed by atoms with van der Waals surface area (Å²) in [5.41, 5.74) is 10.7. The lowest BCUT2D eigenvalue weighted by Gasteiger charge is -2.48. The third-order valence-corrected chi connectivity index (χ3v) is 6.51. The molecule has 1 unspecified atom stereocenters. The standard InChI is InChI=1S/C28H32FN5O/c1-3-17-34(31)32-27(30)15-6-20-4-7-22(8-5-20)28(2)26-14-13-25(35)19-21(26)16-18-33(28)24-11-9-23(29)10-12-24/h4-15,19,35H,3,16-18,31H2,1-2H3,(H2,30,32)/b15-6+. The molecule has 1 aliphatic rings. The number of rotatable bonds is 7. The first-order valence-corrected chi connectivity index (χ1v) is 11.8. The third-order valence-electron chi connectivity index (χ3n) is 6.51. The molecule has 6 nitrogen and oxygen atoms in total. The minimum atomic E-state index is -0.512. The molecular weight excluding hydrogens is 441 g/mol. The number of hydrazone groups is 1. The normalized spacial score (nSPS) is 18.1. The number of phenolic OH excluding ortho intramolecular Hbond substituents is 1. The van der Waals surface area contributed by atoms with Gasteiger partial charge in [-0.1, -0.05) is 43.3 Å². The van der Waals surface area contributed by atoms with Gasteiger partial charge in [0.05, 0.1) is 12.1 Å². The van der Waals surface area contributed by atoms with Crippen LogP contribution in [0, 0.1) is 5.82 Å². The first-order chi connectivity index (χ1) is 16.8. The highest BCUT2D eigenvalue weighted by Gasteiger charge is 2.40. The molecule has 1 atom stereocenters. The van der Waals surface area contributed by atoms with E-state index < -0.39 is 5.54 Å². The second-order valence-corrected chi connectivity index (χ2v) is 8.93. The molecule has 0 radical (unpaired) electrons. The second kappa shape index (κ2) is 10.2. The quantitative estimate of drug-likeness (QED) is 0.200. The maximum Gasteiger partial charge on any atom is 0.145 e. The van der Waals surface area contributed by atoms with E-state index in [0.29, 0.717) is 12.4 Å². The van der Waals surface area contributed by atoms with Gasteiger partial charge in [0.1, 0.15) is 17.4 Å². The van der Waals surface area contributed by atoms with Gasteiger partial charge in [0, 0.05) is 12.2 Å². The number of anilines is 1. The fourth-order valence-corrected chi connectivity index (χ4v) is 4.74. The first kappa shape index (κ1) is 24.3. The maximum atomic E-state index is 13.7. The van der Waals surface area contributed by atoms with Gasteiger partial charge in [-0.15, -0.1) is 5.10 Å². The molecule has 0 saturated heterocycles. The number of hydrogen-bond donors (Lipinski definition) is 3. The van der Waals surface area contributed by atoms with Crippen molar-refractivity contribution in [1.29, 1.82) is 0 Å². The maximum absolute atomic E-state index is 13.7. The Morgan fingerprint density at radius 1 is 1.14 bits per heavy atom. The Morgan fingerprint density at radius 3 is 2.54 bits per heavy atom. The van der Waals surface area contributed by atoms with Crippen LogP contribution in [0.25, 0.3) is 6.08 Å². The average Bonchev–Trinajstić information content (AvgIpc) is 2.84. The molecule has 5 N–H and O–H groups in total. The molecule has 7 heteroatoms. The number of benzene rings is 3. The molecule has 1 aliphatic heterocycles. The van der Waals surface area contributed by atoms with Crippen LogP contribution < -0.4 is 16.5 Å². The number of hydrogen-bond acceptors (Lipinski definition) is 5. The van der Waals surface area contributed by atoms with Crippen molar-refractivity contribution >= 4 is 17.6 Å². The smallest absolute Gasteiger partial charge is 0.145 e. The summed E-state index contributed by atoms with van der Waals surface area (Å²) in [7, 11) is 0. The highest BCUT2D eigenvalue weighted by Crippen LogP contribution is 2.44. The Bertz CT molecular complexity index is 1220. The van der Waals surface area contributed by atoms with Gasteiger partial charge in [-0.2, -0.15) is 0 Å². The lowest BCUT2D eigenvalue weighted by Crippen LogP contribution is -2.49. The van der Waals surface area contributed by atoms with Gasteiger partial charge in [0.2, 0.25) is 0 Å². The van der Waals surface area contributed by atoms with Gasteiger partial charge in [0.15, 0.2) is 0 Å². The lowest BCUT2D eigenvalue weighted by atomic mass is 9.76. The van der Waals surface area contributed by atoms with Crippen molar-refractivity contribution < 1.29 is 9.50 Å². The van der Waals surface area contributed by atoms with Crippen molar-refractivity contribution in [3.8, 4) is 5.75 Å². The Hall–Kier alpha value is -3.84. The number of aromatic hydroxyl groups is 1. The number of amidine groups is 1. The van der Waals surface area contributed by atoms with E-state index in [1.54, 1.807) is 12.1 Å². The van der Waals surface area contributed by atoms with Crippen LogP contribution in [0.2, 0.25) is 0 Å². The van der Waals surface area contributed by atoms with E-state index in [4.69, 9.17) is 11.6 Å². The zero-order valence-electron chi connectivity index (χ0n) is 20.2. The molecule has 3 aromatic rings. The van der Waals surface area contributed by atoms with E-state index in [1.807, 2.05) is 49.4 Å². The summed E-state index contributed by atoms with van der Waals surface area (Å²) >= 11 is 0. The summed E-state index contributed by atoms with van der Waals surface area (Å²) in [6.07, 6.45) is 5.30. The molecule has 1 heterocycles. The summed E-state index contributed by atoms with van der Waals surface area (Å²) in [6, 6.07) is 20.4. The summed E-state index contributed by atoms with van der Waals surface area (Å²) in [6.45, 7) is 5.56. The van der Waals surface area contributed by atoms with Crippen LogP contribution in [0.1, 0.15) is 42.5 Å². The highest BCUT2D eigenvalue weighted by atomic mass is 19.1. The number of fused-ring (bicyclic) bond motifs is 1. The van der Waals surface area contributed by atoms with E-state index in [2.05, 4.69) is 29.1 Å². The molecule has 0 aliphatic carbocycles. The van der Waals surface area contributed by atoms with Crippen molar-refractivity contribution in [3.05, 3.63) is 101 Å². The number of phenols is 1. The fraction of sp³-hybridized carbons (Fsp3) is 0.250. The zero-order chi connectivity index (χ0) is 25.0. The predicted octanol–water partition coefficient (Wildman–Crippen LogP) is 4.73. The predicted molar refractivity (Wildman–Crippen MR) is 140 cm³/mol. The van der Waals surface area contributed by atoms with Gasteiger partial charge < -0.3 is 15.7 Å². The molecule has 0 fully saturated rings. The molecule has 3 aromatic carbocycles. The van der Waals surface area contributed by atoms with Gasteiger partial charge >= 0.3 is 0 Å². The number of hydrazine groups is 1. The fourth-order valence-electron chi connectivity index (χ4n) is 4.74. The van der Waals surface area contributed by atoms with Gasteiger partial charge in [-0.05, 0) is 84.5 Å². The van der Waals surface area contributed by atoms with Crippen LogP contribution in [0.5, 0.6) is 5.75 Å². The molecule has 0 amide bonds. The molecule has 182 valence electrons. The lowest BCUT2D eigenvalue weighted by molar-refractivity contribution is 0.300. The molecule has 0 spiro atoms. The van der Waals surface area contributed by atoms with Crippen LogP contribution >= 0.6 is 0 Å². The minimum absolute atomic E-state index is 0.260. The average molecular weight is 474 g/mol. The number of nitrogens with zero attached hydrogens (tertiary/aromatic N) is 3. The Balaban J connectivity index is 1.69. The molecule has 0 saturated carbocycles. The number of halogens is 1. The summed E-state index contributed by atoms with van der Waals surface area (Å²) < 4.78 is 13.7. The highest BCUT2D eigenvalue weighted by molar-refractivity contribution is 5.94. The Morgan fingerprint density at radius 2 is 1.86 bits per heavy atom. The van der Waals surface area contributed by atoms with Gasteiger partial charge in [-0.3, -0.25) is 0 Å². The molecule has 0 aromatic heterocycles. The molecule has 0 bridgehead atoms. The number of nitrogens with two attached hydrogens (primary N) is 2. The van der Waals surface area contributed by atoms with E-state index in [-0.39, 0.29) is 11.6 Å². The molecule has 35 heavy (non-hydrogen) atoms. The molecule has 4 rings (SSSR count). The third kappa shape index (κ3) is 5.15. The van der Waals surface area contributed by atoms with Crippen molar-refractivity contribution in [2.75, 3.05) is 18.0 Å². The molecular formula is C28H32FN5O. The van der Waals surface area contributed by atoms with Crippen LogP contribution in [0.15, 0.2) is 77.9 Å². The van der Waals surface area contributed by atoms with Crippen molar-refractivity contribution in [2.45, 2.75) is 32.2 Å². The van der Waals surface area contributed by atoms with E-state index in [1.165, 1.54) is 17.3 Å². The second-order valence-electron chi connectivity index (χ2n) is 8.93. The monoisotopic (exact) mass is 473 g/mol. The van der Waals surface area contributed by atoms with Crippen LogP contribution in [-0.4, -0.2) is 29.1 Å². The van der Waals surface area contributed by atoms with Crippen LogP contribution in [0.3, 0.4) is 0 Å². The van der Waals surface area contributed by atoms with E-state index in [9.17, 15) is 9.50 Å². The summed E-state index contributed by atoms with van der Waals surface area (Å²) in [5, 5.41) is 15.5. The van der Waals surface area contributed by atoms with Crippen LogP contribution in [-0.2, 0) is 12.0 Å². The Kier molecular flexibility index (Phi) is 7.07. The zero-order valence-corrected chi connectivity index (χ0v) is 20.2. The first-order valence-electron chi connectivity index (χ1n) is 11.8. The van der Waals surface area contributed by atoms with Gasteiger partial charge in [-0.25, -0.2) is 15.4 Å². The minimum Gasteiger partial charge on any atom is -0.508 e. The van der Waals surface area contributed by atoms with Crippen molar-refractivity contribution in [3.63, 3.8) is 0 Å². The summed E-state index contributed by atoms with van der Waals surface area (Å²) in [5.74, 6) is 6.11. The topological polar surface area (TPSA) is 91.1 Å². The summed E-state index contributed by atoms with van der Waals surface area (Å²) in [4.78, 5) is 2.30. The van der Waals surface area contributed by atoms with E-state index in [0.717, 1.165) is 47.3 Å². The SMILES string of the molecule is CCCN(N)/N=C(N)/C=C/c1ccc(C2(C)c3ccc(O)cc3CCN2c2ccc(F)cc2)cc1. The largest absolute Gasteiger partial charge is 0.508 e. The van der Waals surface area contributed by atoms with Crippen LogP contribution in [0.4, 0.5) is 10.1 Å². The van der Waals surface area contributed by atoms with Crippen molar-refractivity contribution in [2.24, 2.45) is 16.7 Å². The van der Waals surface area contributed by atoms with E-state index >= 15 is 0 Å². The van der Waals surface area contributed by atoms with Gasteiger partial charge in [0.25, 0.3) is 0 Å².